The maximum absolute atomic E-state index is 12.8. The lowest BCUT2D eigenvalue weighted by Gasteiger charge is -2.41. The quantitative estimate of drug-likeness (QED) is 0.0149. The summed E-state index contributed by atoms with van der Waals surface area (Å²) in [6.45, 7) is 3.18. The molecule has 6 unspecified atom stereocenters. The number of carbonyl (C=O) groups excluding carboxylic acids is 2. The molecule has 352 valence electrons. The van der Waals surface area contributed by atoms with E-state index in [1.807, 2.05) is 24.3 Å². The van der Waals surface area contributed by atoms with Crippen LogP contribution in [0.3, 0.4) is 0 Å². The van der Waals surface area contributed by atoms with Crippen LogP contribution < -0.4 is 0 Å². The van der Waals surface area contributed by atoms with Crippen molar-refractivity contribution in [2.45, 2.75) is 211 Å². The monoisotopic (exact) mass is 885 g/mol. The summed E-state index contributed by atoms with van der Waals surface area (Å²) in [6.07, 6.45) is 31.5. The first-order valence-corrected chi connectivity index (χ1v) is 24.6. The van der Waals surface area contributed by atoms with Crippen molar-refractivity contribution < 1.29 is 63.1 Å². The molecule has 61 heavy (non-hydrogen) atoms. The lowest BCUT2D eigenvalue weighted by molar-refractivity contribution is -0.220. The molecular weight excluding hydrogens is 803 g/mol. The zero-order chi connectivity index (χ0) is 45.0. The number of phosphoric ester groups is 1. The van der Waals surface area contributed by atoms with E-state index in [0.717, 1.165) is 44.9 Å². The normalized spacial score (nSPS) is 22.6. The minimum atomic E-state index is -5.14. The van der Waals surface area contributed by atoms with Gasteiger partial charge < -0.3 is 39.9 Å². The highest BCUT2D eigenvalue weighted by atomic mass is 31.2. The standard InChI is InChI=1S/C47H81O13P/c1-3-5-7-9-11-13-15-17-19-20-22-23-25-27-29-31-33-35-40(48)57-37-39(38-58-61(55,56)60-47-45(53)43(51)42(50)44(52)46(47)54)59-41(49)36-34-32-30-28-26-24-21-18-16-14-12-10-8-6-4-2/h11,13,17,19,22-23,27,29-30,32,39,42-47,50-54H,3-10,12,14-16,18,20-21,24-26,28,31,33-38H2,1-2H3,(H,55,56)/b13-11+,19-17+,23-22+,29-27+,32-30+/t39-,42?,43-,44?,45?,46?,47?/m0/s1. The van der Waals surface area contributed by atoms with E-state index in [1.165, 1.54) is 77.0 Å². The highest BCUT2D eigenvalue weighted by Crippen LogP contribution is 2.47. The summed E-state index contributed by atoms with van der Waals surface area (Å²) < 4.78 is 33.4. The number of rotatable bonds is 37. The molecule has 0 heterocycles. The Morgan fingerprint density at radius 3 is 1.46 bits per heavy atom. The second kappa shape index (κ2) is 37.0. The number of aliphatic hydroxyl groups is 5. The maximum Gasteiger partial charge on any atom is 0.472 e. The molecule has 0 aromatic carbocycles. The van der Waals surface area contributed by atoms with E-state index in [9.17, 15) is 44.6 Å². The van der Waals surface area contributed by atoms with Gasteiger partial charge in [0.15, 0.2) is 6.10 Å². The molecule has 0 amide bonds. The lowest BCUT2D eigenvalue weighted by atomic mass is 9.85. The van der Waals surface area contributed by atoms with Gasteiger partial charge in [0.1, 0.15) is 43.2 Å². The van der Waals surface area contributed by atoms with Gasteiger partial charge in [0, 0.05) is 12.8 Å². The van der Waals surface area contributed by atoms with Gasteiger partial charge in [-0.05, 0) is 64.2 Å². The van der Waals surface area contributed by atoms with Gasteiger partial charge in [0.2, 0.25) is 0 Å². The van der Waals surface area contributed by atoms with Gasteiger partial charge in [-0.1, -0.05) is 152 Å². The molecule has 13 nitrogen and oxygen atoms in total. The van der Waals surface area contributed by atoms with Crippen molar-refractivity contribution in [3.63, 3.8) is 0 Å². The average Bonchev–Trinajstić information content (AvgIpc) is 3.24. The van der Waals surface area contributed by atoms with Crippen molar-refractivity contribution in [1.82, 2.24) is 0 Å². The Hall–Kier alpha value is -2.45. The van der Waals surface area contributed by atoms with Gasteiger partial charge in [0.25, 0.3) is 0 Å². The molecule has 1 rings (SSSR count). The largest absolute Gasteiger partial charge is 0.472 e. The number of aliphatic hydroxyl groups excluding tert-OH is 5. The fourth-order valence-corrected chi connectivity index (χ4v) is 7.56. The fourth-order valence-electron chi connectivity index (χ4n) is 6.59. The number of ether oxygens (including phenoxy) is 2. The van der Waals surface area contributed by atoms with Crippen LogP contribution in [0.4, 0.5) is 0 Å². The molecule has 0 bridgehead atoms. The van der Waals surface area contributed by atoms with E-state index < -0.39 is 75.7 Å². The number of phosphoric acid groups is 1. The molecule has 14 heteroatoms. The Morgan fingerprint density at radius 2 is 0.918 bits per heavy atom. The molecule has 0 aromatic rings. The van der Waals surface area contributed by atoms with Crippen LogP contribution in [-0.4, -0.2) is 98.3 Å². The molecule has 0 spiro atoms. The topological polar surface area (TPSA) is 210 Å². The molecule has 1 aliphatic carbocycles. The van der Waals surface area contributed by atoms with Gasteiger partial charge in [0.05, 0.1) is 6.61 Å². The van der Waals surface area contributed by atoms with Crippen LogP contribution in [-0.2, 0) is 32.7 Å². The van der Waals surface area contributed by atoms with E-state index in [1.54, 1.807) is 0 Å². The number of esters is 2. The average molecular weight is 885 g/mol. The summed E-state index contributed by atoms with van der Waals surface area (Å²) in [5.41, 5.74) is 0. The van der Waals surface area contributed by atoms with E-state index in [0.29, 0.717) is 19.3 Å². The van der Waals surface area contributed by atoms with Crippen LogP contribution in [0.1, 0.15) is 168 Å². The fraction of sp³-hybridized carbons (Fsp3) is 0.745. The third kappa shape index (κ3) is 29.5. The van der Waals surface area contributed by atoms with Crippen molar-refractivity contribution >= 4 is 19.8 Å². The van der Waals surface area contributed by atoms with Gasteiger partial charge in [-0.15, -0.1) is 0 Å². The summed E-state index contributed by atoms with van der Waals surface area (Å²) in [5, 5.41) is 50.1. The summed E-state index contributed by atoms with van der Waals surface area (Å²) in [5.74, 6) is -1.22. The van der Waals surface area contributed by atoms with Crippen LogP contribution >= 0.6 is 7.82 Å². The van der Waals surface area contributed by atoms with Crippen molar-refractivity contribution in [3.8, 4) is 0 Å². The third-order valence-electron chi connectivity index (χ3n) is 10.3. The Kier molecular flexibility index (Phi) is 34.3. The van der Waals surface area contributed by atoms with Gasteiger partial charge >= 0.3 is 19.8 Å². The molecule has 0 radical (unpaired) electrons. The van der Waals surface area contributed by atoms with Gasteiger partial charge in [-0.2, -0.15) is 0 Å². The summed E-state index contributed by atoms with van der Waals surface area (Å²) >= 11 is 0. The number of hydrogen-bond donors (Lipinski definition) is 6. The number of unbranched alkanes of at least 4 members (excludes halogenated alkanes) is 15. The zero-order valence-corrected chi connectivity index (χ0v) is 38.1. The Labute approximate surface area is 366 Å². The predicted octanol–water partition coefficient (Wildman–Crippen LogP) is 8.94. The first-order valence-electron chi connectivity index (χ1n) is 23.1. The van der Waals surface area contributed by atoms with E-state index >= 15 is 0 Å². The van der Waals surface area contributed by atoms with E-state index in [-0.39, 0.29) is 12.8 Å². The minimum Gasteiger partial charge on any atom is -0.462 e. The second-order valence-electron chi connectivity index (χ2n) is 15.9. The number of carbonyl (C=O) groups is 2. The van der Waals surface area contributed by atoms with Crippen LogP contribution in [0.25, 0.3) is 0 Å². The molecule has 1 aliphatic rings. The minimum absolute atomic E-state index is 0.000125. The van der Waals surface area contributed by atoms with Crippen molar-refractivity contribution in [2.75, 3.05) is 13.2 Å². The van der Waals surface area contributed by atoms with E-state index in [2.05, 4.69) is 50.3 Å². The highest BCUT2D eigenvalue weighted by Gasteiger charge is 2.51. The summed E-state index contributed by atoms with van der Waals surface area (Å²) in [7, 11) is -5.14. The van der Waals surface area contributed by atoms with Crippen LogP contribution in [0, 0.1) is 0 Å². The van der Waals surface area contributed by atoms with Crippen LogP contribution in [0.2, 0.25) is 0 Å². The van der Waals surface area contributed by atoms with Crippen molar-refractivity contribution in [2.24, 2.45) is 0 Å². The predicted molar refractivity (Wildman–Crippen MR) is 239 cm³/mol. The summed E-state index contributed by atoms with van der Waals surface area (Å²) in [6, 6.07) is 0. The summed E-state index contributed by atoms with van der Waals surface area (Å²) in [4.78, 5) is 35.6. The highest BCUT2D eigenvalue weighted by molar-refractivity contribution is 7.47. The van der Waals surface area contributed by atoms with Crippen molar-refractivity contribution in [3.05, 3.63) is 60.8 Å². The molecule has 6 N–H and O–H groups in total. The number of allylic oxidation sites excluding steroid dienone is 10. The molecular formula is C47H81O13P. The molecule has 0 aromatic heterocycles. The molecule has 1 saturated carbocycles. The molecule has 1 fully saturated rings. The smallest absolute Gasteiger partial charge is 0.462 e. The van der Waals surface area contributed by atoms with Crippen molar-refractivity contribution in [1.29, 1.82) is 0 Å². The lowest BCUT2D eigenvalue weighted by Crippen LogP contribution is -2.64. The zero-order valence-electron chi connectivity index (χ0n) is 37.2. The second-order valence-corrected chi connectivity index (χ2v) is 17.3. The Morgan fingerprint density at radius 1 is 0.508 bits per heavy atom. The number of hydrogen-bond acceptors (Lipinski definition) is 12. The maximum atomic E-state index is 12.8. The SMILES string of the molecule is CCCCC/C=C/C/C=C/C/C=C/C/C=C/CCCC(=O)OC[C@@H](COP(=O)(O)OC1C(O)C(O)C(O)[C@H](O)C1O)OC(=O)CC/C=C/CCCCCCCCCCCCC. The van der Waals surface area contributed by atoms with Gasteiger partial charge in [-0.3, -0.25) is 18.6 Å². The first kappa shape index (κ1) is 56.6. The first-order chi connectivity index (χ1) is 29.4. The van der Waals surface area contributed by atoms with Crippen LogP contribution in [0.15, 0.2) is 60.8 Å². The molecule has 8 atom stereocenters. The Bertz CT molecular complexity index is 1300. The Balaban J connectivity index is 2.53. The van der Waals surface area contributed by atoms with E-state index in [4.69, 9.17) is 18.5 Å². The van der Waals surface area contributed by atoms with Crippen LogP contribution in [0.5, 0.6) is 0 Å². The molecule has 0 aliphatic heterocycles. The molecule has 0 saturated heterocycles. The van der Waals surface area contributed by atoms with Gasteiger partial charge in [-0.25, -0.2) is 4.57 Å². The third-order valence-corrected chi connectivity index (χ3v) is 11.3.